The fourth-order valence-corrected chi connectivity index (χ4v) is 1.78. The van der Waals surface area contributed by atoms with E-state index in [1.807, 2.05) is 20.8 Å². The van der Waals surface area contributed by atoms with E-state index in [4.69, 9.17) is 9.47 Å². The summed E-state index contributed by atoms with van der Waals surface area (Å²) in [5.74, 6) is -0.189. The maximum Gasteiger partial charge on any atom is 0.313 e. The topological polar surface area (TPSA) is 76.7 Å². The second-order valence-corrected chi connectivity index (χ2v) is 4.59. The van der Waals surface area contributed by atoms with Crippen LogP contribution < -0.4 is 20.1 Å². The summed E-state index contributed by atoms with van der Waals surface area (Å²) in [5, 5.41) is 5.12. The first kappa shape index (κ1) is 17.8. The van der Waals surface area contributed by atoms with Crippen LogP contribution in [0, 0.1) is 0 Å². The molecule has 6 heteroatoms. The SMILES string of the molecule is CCCCNC(=O)C(=O)Nc1ccc(OCC)c(OCC)c1. The second kappa shape index (κ2) is 9.65. The Bertz CT molecular complexity index is 503. The highest BCUT2D eigenvalue weighted by molar-refractivity contribution is 6.39. The Morgan fingerprint density at radius 3 is 2.32 bits per heavy atom. The summed E-state index contributed by atoms with van der Waals surface area (Å²) in [5.41, 5.74) is 0.488. The molecular weight excluding hydrogens is 284 g/mol. The van der Waals surface area contributed by atoms with Gasteiger partial charge < -0.3 is 20.1 Å². The zero-order chi connectivity index (χ0) is 16.4. The van der Waals surface area contributed by atoms with Gasteiger partial charge in [0, 0.05) is 18.3 Å². The Balaban J connectivity index is 2.70. The largest absolute Gasteiger partial charge is 0.490 e. The first-order valence-corrected chi connectivity index (χ1v) is 7.61. The van der Waals surface area contributed by atoms with Gasteiger partial charge in [-0.15, -0.1) is 0 Å². The molecule has 1 aromatic carbocycles. The Hall–Kier alpha value is -2.24. The lowest BCUT2D eigenvalue weighted by atomic mass is 10.2. The molecule has 0 spiro atoms. The monoisotopic (exact) mass is 308 g/mol. The van der Waals surface area contributed by atoms with Crippen molar-refractivity contribution in [3.05, 3.63) is 18.2 Å². The zero-order valence-electron chi connectivity index (χ0n) is 13.4. The molecule has 1 aromatic rings. The predicted molar refractivity (Wildman–Crippen MR) is 85.3 cm³/mol. The molecule has 0 aliphatic rings. The van der Waals surface area contributed by atoms with E-state index in [0.29, 0.717) is 36.9 Å². The molecule has 0 bridgehead atoms. The number of nitrogens with one attached hydrogen (secondary N) is 2. The van der Waals surface area contributed by atoms with Crippen LogP contribution in [0.15, 0.2) is 18.2 Å². The predicted octanol–water partition coefficient (Wildman–Crippen LogP) is 2.34. The fourth-order valence-electron chi connectivity index (χ4n) is 1.78. The maximum atomic E-state index is 11.8. The lowest BCUT2D eigenvalue weighted by Gasteiger charge is -2.13. The highest BCUT2D eigenvalue weighted by Crippen LogP contribution is 2.30. The van der Waals surface area contributed by atoms with E-state index in [0.717, 1.165) is 12.8 Å². The van der Waals surface area contributed by atoms with Crippen LogP contribution in [0.25, 0.3) is 0 Å². The van der Waals surface area contributed by atoms with E-state index in [1.54, 1.807) is 18.2 Å². The fraction of sp³-hybridized carbons (Fsp3) is 0.500. The van der Waals surface area contributed by atoms with Gasteiger partial charge in [-0.2, -0.15) is 0 Å². The average molecular weight is 308 g/mol. The highest BCUT2D eigenvalue weighted by atomic mass is 16.5. The average Bonchev–Trinajstić information content (AvgIpc) is 2.50. The van der Waals surface area contributed by atoms with Crippen molar-refractivity contribution < 1.29 is 19.1 Å². The Kier molecular flexibility index (Phi) is 7.81. The minimum atomic E-state index is -0.692. The van der Waals surface area contributed by atoms with E-state index in [1.165, 1.54) is 0 Å². The molecule has 6 nitrogen and oxygen atoms in total. The first-order valence-electron chi connectivity index (χ1n) is 7.61. The molecule has 2 N–H and O–H groups in total. The summed E-state index contributed by atoms with van der Waals surface area (Å²) in [7, 11) is 0. The molecule has 0 unspecified atom stereocenters. The van der Waals surface area contributed by atoms with Gasteiger partial charge in [0.2, 0.25) is 0 Å². The summed E-state index contributed by atoms with van der Waals surface area (Å²) in [6.07, 6.45) is 1.80. The Morgan fingerprint density at radius 1 is 1.00 bits per heavy atom. The molecule has 22 heavy (non-hydrogen) atoms. The molecule has 122 valence electrons. The van der Waals surface area contributed by atoms with Crippen molar-refractivity contribution in [3.8, 4) is 11.5 Å². The summed E-state index contributed by atoms with van der Waals surface area (Å²) in [4.78, 5) is 23.4. The van der Waals surface area contributed by atoms with Crippen molar-refractivity contribution in [1.82, 2.24) is 5.32 Å². The van der Waals surface area contributed by atoms with Gasteiger partial charge in [0.05, 0.1) is 13.2 Å². The zero-order valence-corrected chi connectivity index (χ0v) is 13.4. The van der Waals surface area contributed by atoms with Crippen LogP contribution in [0.1, 0.15) is 33.6 Å². The van der Waals surface area contributed by atoms with Gasteiger partial charge in [-0.1, -0.05) is 13.3 Å². The quantitative estimate of drug-likeness (QED) is 0.571. The third kappa shape index (κ3) is 5.63. The van der Waals surface area contributed by atoms with E-state index in [-0.39, 0.29) is 0 Å². The van der Waals surface area contributed by atoms with E-state index in [2.05, 4.69) is 10.6 Å². The number of hydrogen-bond donors (Lipinski definition) is 2. The number of carbonyl (C=O) groups is 2. The first-order chi connectivity index (χ1) is 10.6. The second-order valence-electron chi connectivity index (χ2n) is 4.59. The molecule has 0 aliphatic heterocycles. The summed E-state index contributed by atoms with van der Waals surface area (Å²) < 4.78 is 10.9. The van der Waals surface area contributed by atoms with Gasteiger partial charge in [-0.25, -0.2) is 0 Å². The number of ether oxygens (including phenoxy) is 2. The number of anilines is 1. The van der Waals surface area contributed by atoms with Crippen molar-refractivity contribution in [2.45, 2.75) is 33.6 Å². The highest BCUT2D eigenvalue weighted by Gasteiger charge is 2.14. The van der Waals surface area contributed by atoms with Gasteiger partial charge in [-0.05, 0) is 32.4 Å². The van der Waals surface area contributed by atoms with Gasteiger partial charge in [-0.3, -0.25) is 9.59 Å². The van der Waals surface area contributed by atoms with Gasteiger partial charge in [0.1, 0.15) is 0 Å². The lowest BCUT2D eigenvalue weighted by Crippen LogP contribution is -2.35. The van der Waals surface area contributed by atoms with Crippen molar-refractivity contribution in [1.29, 1.82) is 0 Å². The summed E-state index contributed by atoms with van der Waals surface area (Å²) >= 11 is 0. The van der Waals surface area contributed by atoms with Crippen LogP contribution in [-0.2, 0) is 9.59 Å². The van der Waals surface area contributed by atoms with Gasteiger partial charge in [0.15, 0.2) is 11.5 Å². The molecule has 0 heterocycles. The summed E-state index contributed by atoms with van der Waals surface area (Å²) in [6.45, 7) is 7.26. The van der Waals surface area contributed by atoms with E-state index in [9.17, 15) is 9.59 Å². The van der Waals surface area contributed by atoms with Gasteiger partial charge >= 0.3 is 11.8 Å². The van der Waals surface area contributed by atoms with Crippen molar-refractivity contribution in [2.75, 3.05) is 25.1 Å². The minimum Gasteiger partial charge on any atom is -0.490 e. The van der Waals surface area contributed by atoms with Crippen LogP contribution in [0.3, 0.4) is 0 Å². The standard InChI is InChI=1S/C16H24N2O4/c1-4-7-10-17-15(19)16(20)18-12-8-9-13(21-5-2)14(11-12)22-6-3/h8-9,11H,4-7,10H2,1-3H3,(H,17,19)(H,18,20). The third-order valence-electron chi connectivity index (χ3n) is 2.82. The molecule has 0 fully saturated rings. The molecule has 1 rings (SSSR count). The van der Waals surface area contributed by atoms with Crippen LogP contribution in [0.2, 0.25) is 0 Å². The van der Waals surface area contributed by atoms with Crippen molar-refractivity contribution >= 4 is 17.5 Å². The van der Waals surface area contributed by atoms with Crippen molar-refractivity contribution in [3.63, 3.8) is 0 Å². The smallest absolute Gasteiger partial charge is 0.313 e. The van der Waals surface area contributed by atoms with Crippen LogP contribution in [0.4, 0.5) is 5.69 Å². The molecule has 0 saturated heterocycles. The van der Waals surface area contributed by atoms with Gasteiger partial charge in [0.25, 0.3) is 0 Å². The van der Waals surface area contributed by atoms with Crippen molar-refractivity contribution in [2.24, 2.45) is 0 Å². The van der Waals surface area contributed by atoms with E-state index >= 15 is 0 Å². The number of unbranched alkanes of at least 4 members (excludes halogenated alkanes) is 1. The molecule has 2 amide bonds. The lowest BCUT2D eigenvalue weighted by molar-refractivity contribution is -0.136. The number of rotatable bonds is 8. The Labute approximate surface area is 131 Å². The number of benzene rings is 1. The molecule has 0 radical (unpaired) electrons. The molecule has 0 saturated carbocycles. The molecule has 0 atom stereocenters. The van der Waals surface area contributed by atoms with E-state index < -0.39 is 11.8 Å². The number of amides is 2. The molecule has 0 aromatic heterocycles. The van der Waals surface area contributed by atoms with Crippen LogP contribution in [-0.4, -0.2) is 31.6 Å². The summed E-state index contributed by atoms with van der Waals surface area (Å²) in [6, 6.07) is 5.02. The normalized spacial score (nSPS) is 9.95. The van der Waals surface area contributed by atoms with Crippen LogP contribution in [0.5, 0.6) is 11.5 Å². The van der Waals surface area contributed by atoms with Crippen LogP contribution >= 0.6 is 0 Å². The number of carbonyl (C=O) groups excluding carboxylic acids is 2. The minimum absolute atomic E-state index is 0.481. The number of hydrogen-bond acceptors (Lipinski definition) is 4. The maximum absolute atomic E-state index is 11.8. The molecular formula is C16H24N2O4. The third-order valence-corrected chi connectivity index (χ3v) is 2.82. The molecule has 0 aliphatic carbocycles. The Morgan fingerprint density at radius 2 is 1.68 bits per heavy atom.